The lowest BCUT2D eigenvalue weighted by molar-refractivity contribution is 1.07. The van der Waals surface area contributed by atoms with E-state index in [1.165, 1.54) is 11.1 Å². The second-order valence-electron chi connectivity index (χ2n) is 4.66. The van der Waals surface area contributed by atoms with Gasteiger partial charge in [-0.05, 0) is 38.0 Å². The topological polar surface area (TPSA) is 48.7 Å². The van der Waals surface area contributed by atoms with Gasteiger partial charge in [-0.15, -0.1) is 0 Å². The molecule has 96 valence electrons. The molecule has 0 saturated carbocycles. The monoisotopic (exact) mass is 251 g/mol. The number of anilines is 1. The van der Waals surface area contributed by atoms with E-state index < -0.39 is 0 Å². The average molecular weight is 251 g/mol. The van der Waals surface area contributed by atoms with Crippen LogP contribution in [0.1, 0.15) is 28.1 Å². The molecule has 0 aliphatic rings. The number of rotatable bonds is 3. The zero-order chi connectivity index (χ0) is 13.8. The van der Waals surface area contributed by atoms with E-state index in [1.54, 1.807) is 0 Å². The highest BCUT2D eigenvalue weighted by Gasteiger charge is 2.08. The summed E-state index contributed by atoms with van der Waals surface area (Å²) in [4.78, 5) is 4.32. The zero-order valence-electron chi connectivity index (χ0n) is 11.5. The van der Waals surface area contributed by atoms with E-state index in [9.17, 15) is 5.26 Å². The number of nitrogens with one attached hydrogen (secondary N) is 1. The zero-order valence-corrected chi connectivity index (χ0v) is 11.5. The number of nitriles is 1. The highest BCUT2D eigenvalue weighted by molar-refractivity contribution is 5.60. The molecule has 19 heavy (non-hydrogen) atoms. The van der Waals surface area contributed by atoms with Crippen molar-refractivity contribution in [3.05, 3.63) is 58.4 Å². The summed E-state index contributed by atoms with van der Waals surface area (Å²) in [6.07, 6.45) is 0. The van der Waals surface area contributed by atoms with Gasteiger partial charge in [-0.25, -0.2) is 0 Å². The van der Waals surface area contributed by atoms with Gasteiger partial charge in [-0.3, -0.25) is 4.98 Å². The second kappa shape index (κ2) is 5.53. The number of nitrogens with zero attached hydrogens (tertiary/aromatic N) is 2. The molecule has 0 spiro atoms. The van der Waals surface area contributed by atoms with Gasteiger partial charge >= 0.3 is 0 Å². The molecule has 3 nitrogen and oxygen atoms in total. The predicted octanol–water partition coefficient (Wildman–Crippen LogP) is 3.49. The highest BCUT2D eigenvalue weighted by atomic mass is 14.9. The largest absolute Gasteiger partial charge is 0.380 e. The Labute approximate surface area is 113 Å². The average Bonchev–Trinajstić information content (AvgIpc) is 2.37. The van der Waals surface area contributed by atoms with Crippen molar-refractivity contribution in [1.82, 2.24) is 4.98 Å². The third-order valence-electron chi connectivity index (χ3n) is 3.17. The van der Waals surface area contributed by atoms with Crippen molar-refractivity contribution in [2.24, 2.45) is 0 Å². The van der Waals surface area contributed by atoms with Crippen molar-refractivity contribution in [3.8, 4) is 6.07 Å². The lowest BCUT2D eigenvalue weighted by atomic mass is 10.1. The van der Waals surface area contributed by atoms with E-state index in [-0.39, 0.29) is 0 Å². The molecule has 1 N–H and O–H groups in total. The lowest BCUT2D eigenvalue weighted by Gasteiger charge is -2.12. The molecule has 1 aromatic heterocycles. The molecule has 1 heterocycles. The molecular formula is C16H17N3. The quantitative estimate of drug-likeness (QED) is 0.908. The van der Waals surface area contributed by atoms with Crippen molar-refractivity contribution in [2.75, 3.05) is 5.32 Å². The van der Waals surface area contributed by atoms with Crippen molar-refractivity contribution >= 4 is 5.69 Å². The van der Waals surface area contributed by atoms with Crippen LogP contribution < -0.4 is 5.32 Å². The third-order valence-corrected chi connectivity index (χ3v) is 3.17. The molecule has 0 aliphatic carbocycles. The van der Waals surface area contributed by atoms with Gasteiger partial charge < -0.3 is 5.32 Å². The van der Waals surface area contributed by atoms with Crippen LogP contribution in [0.3, 0.4) is 0 Å². The summed E-state index contributed by atoms with van der Waals surface area (Å²) >= 11 is 0. The fourth-order valence-electron chi connectivity index (χ4n) is 2.11. The molecule has 1 aromatic carbocycles. The number of aromatic nitrogens is 1. The van der Waals surface area contributed by atoms with Crippen molar-refractivity contribution < 1.29 is 0 Å². The van der Waals surface area contributed by atoms with Crippen LogP contribution in [0.25, 0.3) is 0 Å². The molecule has 0 saturated heterocycles. The molecule has 0 aliphatic heterocycles. The van der Waals surface area contributed by atoms with Crippen LogP contribution in [0, 0.1) is 32.1 Å². The van der Waals surface area contributed by atoms with Crippen molar-refractivity contribution in [2.45, 2.75) is 27.3 Å². The van der Waals surface area contributed by atoms with Gasteiger partial charge in [0.15, 0.2) is 0 Å². The minimum atomic E-state index is 0.624. The summed E-state index contributed by atoms with van der Waals surface area (Å²) in [7, 11) is 0. The van der Waals surface area contributed by atoms with Gasteiger partial charge in [0.05, 0.1) is 16.9 Å². The Morgan fingerprint density at radius 2 is 1.95 bits per heavy atom. The van der Waals surface area contributed by atoms with Crippen LogP contribution in [-0.4, -0.2) is 4.98 Å². The standard InChI is InChI=1S/C16H17N3/c1-11-6-4-5-7-14(11)10-18-16-8-12(2)19-13(3)15(16)9-17/h4-8H,10H2,1-3H3,(H,18,19). The molecule has 0 fully saturated rings. The number of hydrogen-bond acceptors (Lipinski definition) is 3. The number of benzene rings is 1. The SMILES string of the molecule is Cc1cc(NCc2ccccc2C)c(C#N)c(C)n1. The van der Waals surface area contributed by atoms with Gasteiger partial charge in [0.1, 0.15) is 6.07 Å². The van der Waals surface area contributed by atoms with E-state index in [2.05, 4.69) is 35.4 Å². The summed E-state index contributed by atoms with van der Waals surface area (Å²) in [5.74, 6) is 0. The fraction of sp³-hybridized carbons (Fsp3) is 0.250. The molecule has 0 bridgehead atoms. The fourth-order valence-corrected chi connectivity index (χ4v) is 2.11. The smallest absolute Gasteiger partial charge is 0.103 e. The second-order valence-corrected chi connectivity index (χ2v) is 4.66. The first-order chi connectivity index (χ1) is 9.11. The first-order valence-corrected chi connectivity index (χ1v) is 6.28. The molecule has 0 unspecified atom stereocenters. The Bertz CT molecular complexity index is 639. The molecule has 3 heteroatoms. The van der Waals surface area contributed by atoms with E-state index >= 15 is 0 Å². The van der Waals surface area contributed by atoms with Crippen LogP contribution in [0.15, 0.2) is 30.3 Å². The van der Waals surface area contributed by atoms with Gasteiger partial charge in [-0.1, -0.05) is 24.3 Å². The first-order valence-electron chi connectivity index (χ1n) is 6.28. The van der Waals surface area contributed by atoms with Crippen LogP contribution in [-0.2, 0) is 6.54 Å². The van der Waals surface area contributed by atoms with Crippen LogP contribution in [0.5, 0.6) is 0 Å². The first kappa shape index (κ1) is 13.1. The Balaban J connectivity index is 2.25. The van der Waals surface area contributed by atoms with Crippen LogP contribution >= 0.6 is 0 Å². The summed E-state index contributed by atoms with van der Waals surface area (Å²) in [5, 5.41) is 12.6. The van der Waals surface area contributed by atoms with Crippen LogP contribution in [0.4, 0.5) is 5.69 Å². The Morgan fingerprint density at radius 1 is 1.21 bits per heavy atom. The maximum atomic E-state index is 9.21. The summed E-state index contributed by atoms with van der Waals surface area (Å²) < 4.78 is 0. The Hall–Kier alpha value is -2.34. The van der Waals surface area contributed by atoms with Crippen molar-refractivity contribution in [3.63, 3.8) is 0 Å². The molecule has 0 radical (unpaired) electrons. The van der Waals surface area contributed by atoms with E-state index in [0.717, 1.165) is 17.1 Å². The normalized spacial score (nSPS) is 10.0. The number of pyridine rings is 1. The summed E-state index contributed by atoms with van der Waals surface area (Å²) in [5.41, 5.74) is 5.66. The van der Waals surface area contributed by atoms with E-state index in [1.807, 2.05) is 32.0 Å². The summed E-state index contributed by atoms with van der Waals surface area (Å²) in [6.45, 7) is 6.60. The third kappa shape index (κ3) is 2.92. The van der Waals surface area contributed by atoms with E-state index in [0.29, 0.717) is 12.1 Å². The highest BCUT2D eigenvalue weighted by Crippen LogP contribution is 2.20. The maximum absolute atomic E-state index is 9.21. The minimum absolute atomic E-state index is 0.624. The van der Waals surface area contributed by atoms with Gasteiger partial charge in [-0.2, -0.15) is 5.26 Å². The van der Waals surface area contributed by atoms with Crippen molar-refractivity contribution in [1.29, 1.82) is 5.26 Å². The molecular weight excluding hydrogens is 234 g/mol. The van der Waals surface area contributed by atoms with Crippen LogP contribution in [0.2, 0.25) is 0 Å². The number of hydrogen-bond donors (Lipinski definition) is 1. The molecule has 2 aromatic rings. The van der Waals surface area contributed by atoms with Gasteiger partial charge in [0, 0.05) is 12.2 Å². The lowest BCUT2D eigenvalue weighted by Crippen LogP contribution is -2.05. The van der Waals surface area contributed by atoms with Gasteiger partial charge in [0.2, 0.25) is 0 Å². The number of aryl methyl sites for hydroxylation is 3. The minimum Gasteiger partial charge on any atom is -0.380 e. The Kier molecular flexibility index (Phi) is 3.82. The molecule has 2 rings (SSSR count). The Morgan fingerprint density at radius 3 is 2.63 bits per heavy atom. The predicted molar refractivity (Wildman–Crippen MR) is 76.9 cm³/mol. The maximum Gasteiger partial charge on any atom is 0.103 e. The molecule has 0 atom stereocenters. The summed E-state index contributed by atoms with van der Waals surface area (Å²) in [6, 6.07) is 12.4. The van der Waals surface area contributed by atoms with E-state index in [4.69, 9.17) is 0 Å². The molecule has 0 amide bonds. The van der Waals surface area contributed by atoms with Gasteiger partial charge in [0.25, 0.3) is 0 Å².